The fourth-order valence-corrected chi connectivity index (χ4v) is 1.15. The van der Waals surface area contributed by atoms with E-state index in [0.29, 0.717) is 12.0 Å². The van der Waals surface area contributed by atoms with E-state index in [1.807, 2.05) is 30.9 Å². The Labute approximate surface area is 78.2 Å². The number of aliphatic imine (C=N–C) groups is 1. The molecule has 0 aromatic carbocycles. The number of likely N-dealkylation sites (N-methyl/N-ethyl adjacent to an activating group) is 1. The molecule has 1 aliphatic heterocycles. The fourth-order valence-electron chi connectivity index (χ4n) is 1.15. The number of hydrogen-bond donors (Lipinski definition) is 0. The predicted octanol–water partition coefficient (Wildman–Crippen LogP) is -0.284. The molecule has 0 saturated carbocycles. The van der Waals surface area contributed by atoms with Gasteiger partial charge in [0.05, 0.1) is 19.3 Å². The van der Waals surface area contributed by atoms with Crippen LogP contribution < -0.4 is 0 Å². The first-order valence-electron chi connectivity index (χ1n) is 4.11. The number of nitriles is 1. The van der Waals surface area contributed by atoms with Crippen molar-refractivity contribution < 1.29 is 4.74 Å². The van der Waals surface area contributed by atoms with Crippen molar-refractivity contribution in [2.75, 3.05) is 34.4 Å². The molecule has 13 heavy (non-hydrogen) atoms. The molecule has 0 radical (unpaired) electrons. The van der Waals surface area contributed by atoms with Gasteiger partial charge in [0.2, 0.25) is 12.2 Å². The molecule has 1 aliphatic rings. The smallest absolute Gasteiger partial charge is 0.212 e. The van der Waals surface area contributed by atoms with Gasteiger partial charge in [-0.15, -0.1) is 4.99 Å². The highest BCUT2D eigenvalue weighted by atomic mass is 16.5. The second-order valence-corrected chi connectivity index (χ2v) is 3.21. The summed E-state index contributed by atoms with van der Waals surface area (Å²) in [6.45, 7) is 1.43. The Balaban J connectivity index is 2.64. The molecular weight excluding hydrogens is 168 g/mol. The summed E-state index contributed by atoms with van der Waals surface area (Å²) >= 11 is 0. The van der Waals surface area contributed by atoms with Gasteiger partial charge in [-0.25, -0.2) is 0 Å². The molecular formula is C8H14N4O. The molecule has 1 saturated heterocycles. The lowest BCUT2D eigenvalue weighted by atomic mass is 10.2. The second-order valence-electron chi connectivity index (χ2n) is 3.21. The molecule has 1 fully saturated rings. The van der Waals surface area contributed by atoms with Crippen LogP contribution in [0, 0.1) is 11.5 Å². The number of hydrogen-bond acceptors (Lipinski definition) is 3. The first-order chi connectivity index (χ1) is 6.16. The van der Waals surface area contributed by atoms with Gasteiger partial charge < -0.3 is 14.5 Å². The highest BCUT2D eigenvalue weighted by molar-refractivity contribution is 5.80. The van der Waals surface area contributed by atoms with Crippen LogP contribution in [0.1, 0.15) is 0 Å². The topological polar surface area (TPSA) is 51.9 Å². The minimum Gasteiger partial charge on any atom is -0.377 e. The highest BCUT2D eigenvalue weighted by Gasteiger charge is 2.26. The van der Waals surface area contributed by atoms with Crippen molar-refractivity contribution in [2.45, 2.75) is 6.04 Å². The van der Waals surface area contributed by atoms with Gasteiger partial charge in [0, 0.05) is 21.1 Å². The molecule has 0 aromatic rings. The van der Waals surface area contributed by atoms with Crippen molar-refractivity contribution in [1.82, 2.24) is 9.80 Å². The number of ether oxygens (including phenoxy) is 1. The number of nitrogens with zero attached hydrogens (tertiary/aromatic N) is 4. The van der Waals surface area contributed by atoms with Crippen molar-refractivity contribution >= 4 is 5.96 Å². The van der Waals surface area contributed by atoms with E-state index in [-0.39, 0.29) is 0 Å². The van der Waals surface area contributed by atoms with E-state index < -0.39 is 0 Å². The van der Waals surface area contributed by atoms with Crippen molar-refractivity contribution in [3.63, 3.8) is 0 Å². The molecule has 72 valence electrons. The summed E-state index contributed by atoms with van der Waals surface area (Å²) in [5, 5.41) is 8.48. The molecule has 1 rings (SSSR count). The maximum atomic E-state index is 8.48. The van der Waals surface area contributed by atoms with Crippen LogP contribution in [0.4, 0.5) is 0 Å². The summed E-state index contributed by atoms with van der Waals surface area (Å²) in [7, 11) is 5.65. The van der Waals surface area contributed by atoms with Gasteiger partial charge >= 0.3 is 0 Å². The Bertz CT molecular complexity index is 239. The third-order valence-corrected chi connectivity index (χ3v) is 2.03. The molecule has 0 unspecified atom stereocenters. The summed E-state index contributed by atoms with van der Waals surface area (Å²) in [6.07, 6.45) is 1.80. The van der Waals surface area contributed by atoms with Crippen molar-refractivity contribution in [1.29, 1.82) is 5.26 Å². The van der Waals surface area contributed by atoms with Crippen LogP contribution in [0.3, 0.4) is 0 Å². The maximum absolute atomic E-state index is 8.48. The third-order valence-electron chi connectivity index (χ3n) is 2.03. The Morgan fingerprint density at radius 3 is 2.38 bits per heavy atom. The van der Waals surface area contributed by atoms with Crippen LogP contribution >= 0.6 is 0 Å². The zero-order chi connectivity index (χ0) is 9.84. The Hall–Kier alpha value is -1.28. The maximum Gasteiger partial charge on any atom is 0.212 e. The van der Waals surface area contributed by atoms with Gasteiger partial charge in [-0.05, 0) is 0 Å². The Morgan fingerprint density at radius 1 is 1.46 bits per heavy atom. The van der Waals surface area contributed by atoms with Gasteiger partial charge in [-0.2, -0.15) is 5.26 Å². The molecule has 0 atom stereocenters. The van der Waals surface area contributed by atoms with E-state index in [4.69, 9.17) is 10.00 Å². The monoisotopic (exact) mass is 182 g/mol. The summed E-state index contributed by atoms with van der Waals surface area (Å²) in [4.78, 5) is 7.53. The molecule has 0 amide bonds. The third kappa shape index (κ3) is 2.10. The minimum atomic E-state index is 0.356. The Kier molecular flexibility index (Phi) is 3.09. The van der Waals surface area contributed by atoms with Crippen LogP contribution in [0.2, 0.25) is 0 Å². The number of guanidine groups is 1. The molecule has 0 aliphatic carbocycles. The molecule has 0 spiro atoms. The molecule has 0 bridgehead atoms. The van der Waals surface area contributed by atoms with E-state index in [9.17, 15) is 0 Å². The van der Waals surface area contributed by atoms with Crippen molar-refractivity contribution in [2.24, 2.45) is 4.99 Å². The lowest BCUT2D eigenvalue weighted by Gasteiger charge is -2.37. The lowest BCUT2D eigenvalue weighted by Crippen LogP contribution is -2.53. The Morgan fingerprint density at radius 2 is 2.08 bits per heavy atom. The van der Waals surface area contributed by atoms with Crippen LogP contribution in [0.25, 0.3) is 0 Å². The van der Waals surface area contributed by atoms with E-state index in [0.717, 1.165) is 13.2 Å². The second kappa shape index (κ2) is 4.10. The van der Waals surface area contributed by atoms with Crippen molar-refractivity contribution in [3.05, 3.63) is 0 Å². The van der Waals surface area contributed by atoms with E-state index >= 15 is 0 Å². The summed E-state index contributed by atoms with van der Waals surface area (Å²) < 4.78 is 5.07. The summed E-state index contributed by atoms with van der Waals surface area (Å²) in [6, 6.07) is 0.356. The summed E-state index contributed by atoms with van der Waals surface area (Å²) in [5.41, 5.74) is 0. The highest BCUT2D eigenvalue weighted by Crippen LogP contribution is 2.09. The molecule has 5 heteroatoms. The fraction of sp³-hybridized carbons (Fsp3) is 0.750. The van der Waals surface area contributed by atoms with E-state index in [1.54, 1.807) is 6.19 Å². The SMILES string of the molecule is CN(C)C(=NC#N)N(C)C1COC1. The van der Waals surface area contributed by atoms with Crippen LogP contribution in [-0.2, 0) is 4.74 Å². The zero-order valence-electron chi connectivity index (χ0n) is 8.19. The molecule has 5 nitrogen and oxygen atoms in total. The van der Waals surface area contributed by atoms with Crippen LogP contribution in [-0.4, -0.2) is 56.2 Å². The van der Waals surface area contributed by atoms with Crippen LogP contribution in [0.15, 0.2) is 4.99 Å². The molecule has 0 aromatic heterocycles. The average molecular weight is 182 g/mol. The predicted molar refractivity (Wildman–Crippen MR) is 49.1 cm³/mol. The van der Waals surface area contributed by atoms with E-state index in [1.165, 1.54) is 0 Å². The quantitative estimate of drug-likeness (QED) is 0.318. The largest absolute Gasteiger partial charge is 0.377 e. The minimum absolute atomic E-state index is 0.356. The van der Waals surface area contributed by atoms with E-state index in [2.05, 4.69) is 4.99 Å². The van der Waals surface area contributed by atoms with Gasteiger partial charge in [0.15, 0.2) is 0 Å². The lowest BCUT2D eigenvalue weighted by molar-refractivity contribution is -0.0372. The van der Waals surface area contributed by atoms with Crippen LogP contribution in [0.5, 0.6) is 0 Å². The van der Waals surface area contributed by atoms with Crippen molar-refractivity contribution in [3.8, 4) is 6.19 Å². The van der Waals surface area contributed by atoms with Gasteiger partial charge in [0.1, 0.15) is 0 Å². The average Bonchev–Trinajstić information content (AvgIpc) is 1.95. The number of rotatable bonds is 1. The van der Waals surface area contributed by atoms with Gasteiger partial charge in [-0.1, -0.05) is 0 Å². The van der Waals surface area contributed by atoms with Gasteiger partial charge in [0.25, 0.3) is 0 Å². The van der Waals surface area contributed by atoms with Gasteiger partial charge in [-0.3, -0.25) is 0 Å². The molecule has 0 N–H and O–H groups in total. The standard InChI is InChI=1S/C8H14N4O/c1-11(2)8(10-6-9)12(3)7-4-13-5-7/h7H,4-5H2,1-3H3. The normalized spacial score (nSPS) is 17.5. The first-order valence-corrected chi connectivity index (χ1v) is 4.11. The first kappa shape index (κ1) is 9.81. The molecule has 1 heterocycles. The zero-order valence-corrected chi connectivity index (χ0v) is 8.19. The summed E-state index contributed by atoms with van der Waals surface area (Å²) in [5.74, 6) is 0.677.